The summed E-state index contributed by atoms with van der Waals surface area (Å²) in [7, 11) is 0. The van der Waals surface area contributed by atoms with Crippen molar-refractivity contribution in [3.63, 3.8) is 0 Å². The van der Waals surface area contributed by atoms with E-state index in [9.17, 15) is 0 Å². The van der Waals surface area contributed by atoms with Crippen LogP contribution in [0.2, 0.25) is 10.2 Å². The van der Waals surface area contributed by atoms with Crippen LogP contribution in [0.5, 0.6) is 11.5 Å². The van der Waals surface area contributed by atoms with Gasteiger partial charge >= 0.3 is 0 Å². The molecule has 0 amide bonds. The third-order valence-corrected chi connectivity index (χ3v) is 4.69. The highest BCUT2D eigenvalue weighted by molar-refractivity contribution is 6.31. The van der Waals surface area contributed by atoms with Crippen LogP contribution in [0, 0.1) is 0 Å². The van der Waals surface area contributed by atoms with E-state index in [-0.39, 0.29) is 24.8 Å². The third kappa shape index (κ3) is 7.86. The molecule has 4 nitrogen and oxygen atoms in total. The van der Waals surface area contributed by atoms with Crippen molar-refractivity contribution in [1.82, 2.24) is 10.3 Å². The number of halogens is 4. The summed E-state index contributed by atoms with van der Waals surface area (Å²) in [5, 5.41) is 4.64. The molecule has 0 fully saturated rings. The van der Waals surface area contributed by atoms with Gasteiger partial charge in [0.25, 0.3) is 0 Å². The van der Waals surface area contributed by atoms with Crippen molar-refractivity contribution >= 4 is 48.0 Å². The smallest absolute Gasteiger partial charge is 0.161 e. The molecule has 2 aromatic carbocycles. The fraction of sp³-hybridized carbons (Fsp3) is 0.227. The maximum atomic E-state index is 6.20. The van der Waals surface area contributed by atoms with Gasteiger partial charge in [0.2, 0.25) is 0 Å². The Morgan fingerprint density at radius 3 is 2.33 bits per heavy atom. The van der Waals surface area contributed by atoms with Crippen molar-refractivity contribution in [2.75, 3.05) is 6.61 Å². The van der Waals surface area contributed by atoms with Crippen LogP contribution in [0.15, 0.2) is 60.8 Å². The molecule has 0 spiro atoms. The first-order valence-corrected chi connectivity index (χ1v) is 9.84. The number of aromatic nitrogens is 1. The lowest BCUT2D eigenvalue weighted by Crippen LogP contribution is -2.13. The normalized spacial score (nSPS) is 9.97. The first kappa shape index (κ1) is 26.3. The molecule has 1 heterocycles. The zero-order chi connectivity index (χ0) is 19.8. The van der Waals surface area contributed by atoms with E-state index in [0.717, 1.165) is 27.5 Å². The number of nitrogens with one attached hydrogen (secondary N) is 1. The summed E-state index contributed by atoms with van der Waals surface area (Å²) in [5.74, 6) is 1.42. The van der Waals surface area contributed by atoms with Crippen molar-refractivity contribution < 1.29 is 9.47 Å². The first-order valence-electron chi connectivity index (χ1n) is 9.08. The highest BCUT2D eigenvalue weighted by atomic mass is 35.5. The summed E-state index contributed by atoms with van der Waals surface area (Å²) in [6.45, 7) is 4.32. The Morgan fingerprint density at radius 1 is 0.867 bits per heavy atom. The van der Waals surface area contributed by atoms with E-state index in [0.29, 0.717) is 37.2 Å². The number of benzene rings is 2. The van der Waals surface area contributed by atoms with Gasteiger partial charge in [0.15, 0.2) is 11.5 Å². The Balaban J connectivity index is 0.00000225. The van der Waals surface area contributed by atoms with Crippen molar-refractivity contribution in [1.29, 1.82) is 0 Å². The van der Waals surface area contributed by atoms with E-state index in [2.05, 4.69) is 10.3 Å². The molecular formula is C22H24Cl4N2O2. The molecule has 0 bridgehead atoms. The molecule has 0 aliphatic rings. The summed E-state index contributed by atoms with van der Waals surface area (Å²) in [6.07, 6.45) is 1.70. The van der Waals surface area contributed by atoms with Crippen LogP contribution in [0.1, 0.15) is 23.6 Å². The SMILES string of the molecule is CCOc1cc(CNCc2ccccc2Cl)ccc1OCc1ccc(Cl)nc1.Cl.Cl. The number of pyridine rings is 1. The van der Waals surface area contributed by atoms with Crippen LogP contribution in [0.25, 0.3) is 0 Å². The van der Waals surface area contributed by atoms with Crippen molar-refractivity contribution in [3.8, 4) is 11.5 Å². The summed E-state index contributed by atoms with van der Waals surface area (Å²) >= 11 is 12.0. The molecule has 0 atom stereocenters. The van der Waals surface area contributed by atoms with Crippen LogP contribution in [-0.2, 0) is 19.7 Å². The number of nitrogens with zero attached hydrogens (tertiary/aromatic N) is 1. The van der Waals surface area contributed by atoms with Crippen LogP contribution < -0.4 is 14.8 Å². The molecule has 0 aliphatic carbocycles. The summed E-state index contributed by atoms with van der Waals surface area (Å²) < 4.78 is 11.7. The minimum Gasteiger partial charge on any atom is -0.490 e. The topological polar surface area (TPSA) is 43.4 Å². The minimum absolute atomic E-state index is 0. The van der Waals surface area contributed by atoms with E-state index in [1.165, 1.54) is 0 Å². The van der Waals surface area contributed by atoms with E-state index in [4.69, 9.17) is 32.7 Å². The Labute approximate surface area is 199 Å². The Kier molecular flexibility index (Phi) is 11.9. The monoisotopic (exact) mass is 488 g/mol. The van der Waals surface area contributed by atoms with Gasteiger partial charge in [-0.25, -0.2) is 4.98 Å². The standard InChI is InChI=1S/C22H22Cl2N2O2.2ClH/c1-2-27-21-11-16(12-25-14-18-5-3-4-6-19(18)23)7-9-20(21)28-15-17-8-10-22(24)26-13-17;;/h3-11,13,25H,2,12,14-15H2,1H3;2*1H. The molecule has 0 aliphatic heterocycles. The number of ether oxygens (including phenoxy) is 2. The second-order valence-electron chi connectivity index (χ2n) is 6.19. The largest absolute Gasteiger partial charge is 0.490 e. The fourth-order valence-electron chi connectivity index (χ4n) is 2.69. The van der Waals surface area contributed by atoms with Gasteiger partial charge in [0, 0.05) is 29.9 Å². The van der Waals surface area contributed by atoms with Crippen molar-refractivity contribution in [2.24, 2.45) is 0 Å². The highest BCUT2D eigenvalue weighted by Crippen LogP contribution is 2.29. The summed E-state index contributed by atoms with van der Waals surface area (Å²) in [5.41, 5.74) is 3.12. The van der Waals surface area contributed by atoms with E-state index >= 15 is 0 Å². The lowest BCUT2D eigenvalue weighted by molar-refractivity contribution is 0.269. The average molecular weight is 490 g/mol. The molecule has 0 radical (unpaired) electrons. The van der Waals surface area contributed by atoms with E-state index in [1.807, 2.05) is 55.5 Å². The second-order valence-corrected chi connectivity index (χ2v) is 6.98. The molecule has 0 unspecified atom stereocenters. The van der Waals surface area contributed by atoms with Crippen LogP contribution in [-0.4, -0.2) is 11.6 Å². The van der Waals surface area contributed by atoms with Gasteiger partial charge in [0.1, 0.15) is 11.8 Å². The van der Waals surface area contributed by atoms with Gasteiger partial charge in [0.05, 0.1) is 6.61 Å². The summed E-state index contributed by atoms with van der Waals surface area (Å²) in [4.78, 5) is 4.07. The quantitative estimate of drug-likeness (QED) is 0.348. The predicted octanol–water partition coefficient (Wildman–Crippen LogP) is 6.50. The lowest BCUT2D eigenvalue weighted by Gasteiger charge is -2.14. The van der Waals surface area contributed by atoms with Gasteiger partial charge in [-0.1, -0.05) is 53.5 Å². The third-order valence-electron chi connectivity index (χ3n) is 4.09. The first-order chi connectivity index (χ1) is 13.7. The Morgan fingerprint density at radius 2 is 1.63 bits per heavy atom. The average Bonchev–Trinajstić information content (AvgIpc) is 2.70. The lowest BCUT2D eigenvalue weighted by atomic mass is 10.2. The molecule has 3 aromatic rings. The number of rotatable bonds is 9. The van der Waals surface area contributed by atoms with Gasteiger partial charge < -0.3 is 14.8 Å². The second kappa shape index (κ2) is 13.6. The molecule has 3 rings (SSSR count). The molecule has 0 saturated carbocycles. The van der Waals surface area contributed by atoms with Crippen molar-refractivity contribution in [3.05, 3.63) is 87.7 Å². The van der Waals surface area contributed by atoms with Gasteiger partial charge in [-0.05, 0) is 42.3 Å². The maximum absolute atomic E-state index is 6.20. The Bertz CT molecular complexity index is 908. The molecule has 1 aromatic heterocycles. The van der Waals surface area contributed by atoms with Crippen LogP contribution in [0.4, 0.5) is 0 Å². The zero-order valence-corrected chi connectivity index (χ0v) is 19.6. The van der Waals surface area contributed by atoms with Crippen LogP contribution >= 0.6 is 48.0 Å². The fourth-order valence-corrected chi connectivity index (χ4v) is 3.00. The highest BCUT2D eigenvalue weighted by Gasteiger charge is 2.08. The molecule has 162 valence electrons. The molecule has 0 saturated heterocycles. The number of hydrogen-bond acceptors (Lipinski definition) is 4. The predicted molar refractivity (Wildman–Crippen MR) is 128 cm³/mol. The number of hydrogen-bond donors (Lipinski definition) is 1. The zero-order valence-electron chi connectivity index (χ0n) is 16.4. The molecule has 30 heavy (non-hydrogen) atoms. The van der Waals surface area contributed by atoms with Gasteiger partial charge in [-0.15, -0.1) is 24.8 Å². The minimum atomic E-state index is 0. The van der Waals surface area contributed by atoms with Crippen LogP contribution in [0.3, 0.4) is 0 Å². The van der Waals surface area contributed by atoms with E-state index in [1.54, 1.807) is 12.3 Å². The molecule has 8 heteroatoms. The van der Waals surface area contributed by atoms with Gasteiger partial charge in [-0.3, -0.25) is 0 Å². The van der Waals surface area contributed by atoms with E-state index < -0.39 is 0 Å². The molecule has 1 N–H and O–H groups in total. The Hall–Kier alpha value is -1.69. The maximum Gasteiger partial charge on any atom is 0.161 e. The summed E-state index contributed by atoms with van der Waals surface area (Å²) in [6, 6.07) is 17.4. The van der Waals surface area contributed by atoms with Crippen molar-refractivity contribution in [2.45, 2.75) is 26.6 Å². The van der Waals surface area contributed by atoms with Gasteiger partial charge in [-0.2, -0.15) is 0 Å². The molecular weight excluding hydrogens is 466 g/mol.